The highest BCUT2D eigenvalue weighted by Gasteiger charge is 2.12. The summed E-state index contributed by atoms with van der Waals surface area (Å²) in [6, 6.07) is 12.4. The number of rotatable bonds is 7. The van der Waals surface area contributed by atoms with Gasteiger partial charge in [0.15, 0.2) is 12.4 Å². The highest BCUT2D eigenvalue weighted by molar-refractivity contribution is 9.10. The fourth-order valence-corrected chi connectivity index (χ4v) is 2.46. The number of carbonyl (C=O) groups is 3. The van der Waals surface area contributed by atoms with Crippen molar-refractivity contribution in [1.29, 1.82) is 0 Å². The minimum Gasteiger partial charge on any atom is -0.457 e. The molecular weight excluding hydrogens is 398 g/mol. The molecule has 0 aromatic heterocycles. The first kappa shape index (κ1) is 19.8. The van der Waals surface area contributed by atoms with E-state index in [1.165, 1.54) is 0 Å². The summed E-state index contributed by atoms with van der Waals surface area (Å²) in [4.78, 5) is 35.6. The SMILES string of the molecule is Cc1ccc(NC(=O)CCC(=O)OCC(=O)c2ccc(Br)cc2)cc1C. The molecule has 136 valence electrons. The van der Waals surface area contributed by atoms with Gasteiger partial charge in [-0.15, -0.1) is 0 Å². The number of nitrogens with one attached hydrogen (secondary N) is 1. The van der Waals surface area contributed by atoms with Gasteiger partial charge in [-0.2, -0.15) is 0 Å². The molecular formula is C20H20BrNO4. The number of Topliss-reactive ketones (excluding diaryl/α,β-unsaturated/α-hetero) is 1. The highest BCUT2D eigenvalue weighted by Crippen LogP contribution is 2.15. The second kappa shape index (κ2) is 9.29. The number of benzene rings is 2. The number of hydrogen-bond donors (Lipinski definition) is 1. The van der Waals surface area contributed by atoms with Crippen molar-refractivity contribution in [2.24, 2.45) is 0 Å². The molecule has 6 heteroatoms. The molecule has 0 unspecified atom stereocenters. The van der Waals surface area contributed by atoms with E-state index in [0.717, 1.165) is 15.6 Å². The van der Waals surface area contributed by atoms with Crippen LogP contribution in [-0.4, -0.2) is 24.3 Å². The number of ketones is 1. The summed E-state index contributed by atoms with van der Waals surface area (Å²) < 4.78 is 5.81. The summed E-state index contributed by atoms with van der Waals surface area (Å²) in [7, 11) is 0. The van der Waals surface area contributed by atoms with Crippen LogP contribution in [0, 0.1) is 13.8 Å². The number of anilines is 1. The quantitative estimate of drug-likeness (QED) is 0.540. The average molecular weight is 418 g/mol. The van der Waals surface area contributed by atoms with Crippen LogP contribution in [0.2, 0.25) is 0 Å². The normalized spacial score (nSPS) is 10.3. The van der Waals surface area contributed by atoms with Gasteiger partial charge in [0, 0.05) is 22.1 Å². The predicted octanol–water partition coefficient (Wildman–Crippen LogP) is 4.21. The molecule has 2 rings (SSSR count). The third-order valence-corrected chi connectivity index (χ3v) is 4.41. The molecule has 5 nitrogen and oxygen atoms in total. The number of carbonyl (C=O) groups excluding carboxylic acids is 3. The third-order valence-electron chi connectivity index (χ3n) is 3.88. The molecule has 0 heterocycles. The first-order chi connectivity index (χ1) is 12.3. The molecule has 0 aliphatic rings. The van der Waals surface area contributed by atoms with Crippen LogP contribution in [0.4, 0.5) is 5.69 Å². The smallest absolute Gasteiger partial charge is 0.306 e. The molecule has 0 spiro atoms. The van der Waals surface area contributed by atoms with E-state index in [-0.39, 0.29) is 31.1 Å². The van der Waals surface area contributed by atoms with Crippen molar-refractivity contribution in [3.8, 4) is 0 Å². The number of esters is 1. The Morgan fingerprint density at radius 3 is 2.31 bits per heavy atom. The molecule has 0 saturated carbocycles. The number of hydrogen-bond acceptors (Lipinski definition) is 4. The van der Waals surface area contributed by atoms with Crippen LogP contribution in [0.3, 0.4) is 0 Å². The van der Waals surface area contributed by atoms with E-state index in [2.05, 4.69) is 21.2 Å². The molecule has 0 aliphatic heterocycles. The molecule has 0 saturated heterocycles. The lowest BCUT2D eigenvalue weighted by atomic mass is 10.1. The molecule has 0 fully saturated rings. The monoisotopic (exact) mass is 417 g/mol. The molecule has 0 bridgehead atoms. The first-order valence-electron chi connectivity index (χ1n) is 8.16. The Morgan fingerprint density at radius 1 is 0.962 bits per heavy atom. The van der Waals surface area contributed by atoms with E-state index in [4.69, 9.17) is 4.74 Å². The zero-order chi connectivity index (χ0) is 19.1. The summed E-state index contributed by atoms with van der Waals surface area (Å²) in [5.74, 6) is -1.14. The van der Waals surface area contributed by atoms with Gasteiger partial charge in [0.25, 0.3) is 0 Å². The number of amides is 1. The summed E-state index contributed by atoms with van der Waals surface area (Å²) in [5.41, 5.74) is 3.38. The Morgan fingerprint density at radius 2 is 1.65 bits per heavy atom. The van der Waals surface area contributed by atoms with Crippen molar-refractivity contribution < 1.29 is 19.1 Å². The minimum atomic E-state index is -0.578. The summed E-state index contributed by atoms with van der Waals surface area (Å²) in [5, 5.41) is 2.74. The van der Waals surface area contributed by atoms with Crippen LogP contribution >= 0.6 is 15.9 Å². The first-order valence-corrected chi connectivity index (χ1v) is 8.96. The second-order valence-corrected chi connectivity index (χ2v) is 6.85. The fourth-order valence-electron chi connectivity index (χ4n) is 2.20. The van der Waals surface area contributed by atoms with Crippen molar-refractivity contribution >= 4 is 39.3 Å². The minimum absolute atomic E-state index is 0.00175. The predicted molar refractivity (Wildman–Crippen MR) is 103 cm³/mol. The Hall–Kier alpha value is -2.47. The van der Waals surface area contributed by atoms with E-state index >= 15 is 0 Å². The molecule has 0 radical (unpaired) electrons. The van der Waals surface area contributed by atoms with Crippen molar-refractivity contribution in [3.63, 3.8) is 0 Å². The molecule has 2 aromatic rings. The van der Waals surface area contributed by atoms with Crippen LogP contribution in [0.15, 0.2) is 46.9 Å². The van der Waals surface area contributed by atoms with E-state index in [0.29, 0.717) is 11.3 Å². The van der Waals surface area contributed by atoms with Gasteiger partial charge in [0.05, 0.1) is 6.42 Å². The molecule has 2 aromatic carbocycles. The molecule has 0 atom stereocenters. The van der Waals surface area contributed by atoms with Crippen LogP contribution in [0.5, 0.6) is 0 Å². The Kier molecular flexibility index (Phi) is 7.09. The number of ether oxygens (including phenoxy) is 1. The molecule has 0 aliphatic carbocycles. The lowest BCUT2D eigenvalue weighted by Gasteiger charge is -2.08. The average Bonchev–Trinajstić information content (AvgIpc) is 2.61. The third kappa shape index (κ3) is 6.11. The van der Waals surface area contributed by atoms with Gasteiger partial charge in [-0.25, -0.2) is 0 Å². The maximum absolute atomic E-state index is 11.9. The Labute approximate surface area is 160 Å². The molecule has 1 amide bonds. The van der Waals surface area contributed by atoms with Gasteiger partial charge in [-0.3, -0.25) is 14.4 Å². The summed E-state index contributed by atoms with van der Waals surface area (Å²) >= 11 is 3.29. The fraction of sp³-hybridized carbons (Fsp3) is 0.250. The largest absolute Gasteiger partial charge is 0.457 e. The van der Waals surface area contributed by atoms with Gasteiger partial charge < -0.3 is 10.1 Å². The maximum atomic E-state index is 11.9. The van der Waals surface area contributed by atoms with E-state index in [9.17, 15) is 14.4 Å². The van der Waals surface area contributed by atoms with Crippen molar-refractivity contribution in [2.75, 3.05) is 11.9 Å². The summed E-state index contributed by atoms with van der Waals surface area (Å²) in [6.07, 6.45) is -0.0808. The zero-order valence-electron chi connectivity index (χ0n) is 14.7. The van der Waals surface area contributed by atoms with Gasteiger partial charge in [0.1, 0.15) is 0 Å². The zero-order valence-corrected chi connectivity index (χ0v) is 16.3. The molecule has 26 heavy (non-hydrogen) atoms. The van der Waals surface area contributed by atoms with Gasteiger partial charge in [-0.1, -0.05) is 34.1 Å². The summed E-state index contributed by atoms with van der Waals surface area (Å²) in [6.45, 7) is 3.62. The van der Waals surface area contributed by atoms with Crippen molar-refractivity contribution in [2.45, 2.75) is 26.7 Å². The van der Waals surface area contributed by atoms with Crippen LogP contribution in [0.1, 0.15) is 34.3 Å². The second-order valence-electron chi connectivity index (χ2n) is 5.94. The standard InChI is InChI=1S/C20H20BrNO4/c1-13-3-8-17(11-14(13)2)22-19(24)9-10-20(25)26-12-18(23)15-4-6-16(21)7-5-15/h3-8,11H,9-10,12H2,1-2H3,(H,22,24). The molecule has 1 N–H and O–H groups in total. The number of halogens is 1. The Balaban J connectivity index is 1.73. The highest BCUT2D eigenvalue weighted by atomic mass is 79.9. The topological polar surface area (TPSA) is 72.5 Å². The Bertz CT molecular complexity index is 815. The van der Waals surface area contributed by atoms with E-state index in [1.54, 1.807) is 24.3 Å². The maximum Gasteiger partial charge on any atom is 0.306 e. The number of aryl methyl sites for hydroxylation is 2. The lowest BCUT2D eigenvalue weighted by molar-refractivity contribution is -0.143. The van der Waals surface area contributed by atoms with Gasteiger partial charge in [0.2, 0.25) is 5.91 Å². The van der Waals surface area contributed by atoms with E-state index < -0.39 is 5.97 Å². The van der Waals surface area contributed by atoms with Crippen LogP contribution in [-0.2, 0) is 14.3 Å². The van der Waals surface area contributed by atoms with Gasteiger partial charge in [-0.05, 0) is 49.2 Å². The van der Waals surface area contributed by atoms with Crippen LogP contribution < -0.4 is 5.32 Å². The van der Waals surface area contributed by atoms with Gasteiger partial charge >= 0.3 is 5.97 Å². The van der Waals surface area contributed by atoms with Crippen molar-refractivity contribution in [1.82, 2.24) is 0 Å². The lowest BCUT2D eigenvalue weighted by Crippen LogP contribution is -2.17. The van der Waals surface area contributed by atoms with Crippen molar-refractivity contribution in [3.05, 3.63) is 63.6 Å². The van der Waals surface area contributed by atoms with E-state index in [1.807, 2.05) is 32.0 Å². The van der Waals surface area contributed by atoms with Crippen LogP contribution in [0.25, 0.3) is 0 Å².